The van der Waals surface area contributed by atoms with E-state index < -0.39 is 0 Å². The molecule has 0 aliphatic carbocycles. The normalized spacial score (nSPS) is 10.7. The molecule has 14 heavy (non-hydrogen) atoms. The molecule has 0 saturated heterocycles. The largest absolute Gasteiger partial charge is 0.263 e. The number of aromatic amines is 1. The van der Waals surface area contributed by atoms with Crippen molar-refractivity contribution in [1.82, 2.24) is 24.8 Å². The van der Waals surface area contributed by atoms with Gasteiger partial charge in [-0.3, -0.25) is 5.10 Å². The van der Waals surface area contributed by atoms with E-state index in [2.05, 4.69) is 31.7 Å². The molecular formula is C8H11N5S. The van der Waals surface area contributed by atoms with E-state index in [1.807, 2.05) is 6.92 Å². The minimum atomic E-state index is 0.709. The van der Waals surface area contributed by atoms with Crippen LogP contribution in [-0.2, 0) is 6.42 Å². The van der Waals surface area contributed by atoms with Crippen LogP contribution in [0.25, 0.3) is 10.7 Å². The lowest BCUT2D eigenvalue weighted by Crippen LogP contribution is -1.85. The summed E-state index contributed by atoms with van der Waals surface area (Å²) in [4.78, 5) is 5.31. The molecule has 0 atom stereocenters. The van der Waals surface area contributed by atoms with Gasteiger partial charge in [0.05, 0.1) is 5.69 Å². The molecule has 74 valence electrons. The monoisotopic (exact) mass is 209 g/mol. The van der Waals surface area contributed by atoms with E-state index in [0.717, 1.165) is 29.2 Å². The second-order valence-electron chi connectivity index (χ2n) is 3.04. The van der Waals surface area contributed by atoms with Gasteiger partial charge in [0.1, 0.15) is 10.7 Å². The maximum absolute atomic E-state index is 4.37. The standard InChI is InChI=1S/C8H11N5S/c1-3-4-6-9-8(12-11-6)7-5(2)10-13-14-7/h3-4H2,1-2H3,(H,9,11,12). The van der Waals surface area contributed by atoms with Crippen molar-refractivity contribution in [2.24, 2.45) is 0 Å². The summed E-state index contributed by atoms with van der Waals surface area (Å²) < 4.78 is 3.85. The van der Waals surface area contributed by atoms with Gasteiger partial charge in [0, 0.05) is 6.42 Å². The van der Waals surface area contributed by atoms with E-state index in [4.69, 9.17) is 0 Å². The van der Waals surface area contributed by atoms with Crippen LogP contribution in [0.4, 0.5) is 0 Å². The molecule has 0 fully saturated rings. The Balaban J connectivity index is 2.29. The number of aryl methyl sites for hydroxylation is 2. The Morgan fingerprint density at radius 3 is 2.93 bits per heavy atom. The Hall–Kier alpha value is -1.30. The van der Waals surface area contributed by atoms with Gasteiger partial charge in [0.15, 0.2) is 5.82 Å². The van der Waals surface area contributed by atoms with Gasteiger partial charge < -0.3 is 0 Å². The van der Waals surface area contributed by atoms with Crippen LogP contribution < -0.4 is 0 Å². The van der Waals surface area contributed by atoms with Crippen LogP contribution in [-0.4, -0.2) is 24.8 Å². The molecule has 0 aliphatic rings. The summed E-state index contributed by atoms with van der Waals surface area (Å²) in [6.45, 7) is 4.02. The lowest BCUT2D eigenvalue weighted by molar-refractivity contribution is 0.841. The highest BCUT2D eigenvalue weighted by molar-refractivity contribution is 7.09. The zero-order valence-electron chi connectivity index (χ0n) is 8.11. The van der Waals surface area contributed by atoms with E-state index in [0.29, 0.717) is 5.82 Å². The van der Waals surface area contributed by atoms with E-state index >= 15 is 0 Å². The van der Waals surface area contributed by atoms with Crippen molar-refractivity contribution in [2.75, 3.05) is 0 Å². The van der Waals surface area contributed by atoms with Crippen LogP contribution in [0.1, 0.15) is 24.9 Å². The average molecular weight is 209 g/mol. The van der Waals surface area contributed by atoms with Gasteiger partial charge in [-0.15, -0.1) is 5.10 Å². The predicted octanol–water partition coefficient (Wildman–Crippen LogP) is 1.58. The number of aromatic nitrogens is 5. The second-order valence-corrected chi connectivity index (χ2v) is 3.80. The molecule has 2 heterocycles. The zero-order chi connectivity index (χ0) is 9.97. The van der Waals surface area contributed by atoms with Crippen LogP contribution in [0, 0.1) is 6.92 Å². The topological polar surface area (TPSA) is 67.3 Å². The fourth-order valence-corrected chi connectivity index (χ4v) is 1.77. The first-order chi connectivity index (χ1) is 6.81. The summed E-state index contributed by atoms with van der Waals surface area (Å²) in [5.74, 6) is 1.64. The SMILES string of the molecule is CCCc1nc(-c2snnc2C)n[nH]1. The van der Waals surface area contributed by atoms with Crippen molar-refractivity contribution in [3.05, 3.63) is 11.5 Å². The van der Waals surface area contributed by atoms with Gasteiger partial charge in [-0.1, -0.05) is 11.4 Å². The van der Waals surface area contributed by atoms with E-state index in [1.165, 1.54) is 11.5 Å². The fraction of sp³-hybridized carbons (Fsp3) is 0.500. The van der Waals surface area contributed by atoms with Crippen LogP contribution in [0.5, 0.6) is 0 Å². The Kier molecular flexibility index (Phi) is 2.53. The number of hydrogen-bond donors (Lipinski definition) is 1. The fourth-order valence-electron chi connectivity index (χ4n) is 1.18. The summed E-state index contributed by atoms with van der Waals surface area (Å²) in [6, 6.07) is 0. The molecule has 6 heteroatoms. The molecular weight excluding hydrogens is 198 g/mol. The number of nitrogens with one attached hydrogen (secondary N) is 1. The summed E-state index contributed by atoms with van der Waals surface area (Å²) in [5.41, 5.74) is 0.886. The molecule has 0 spiro atoms. The highest BCUT2D eigenvalue weighted by atomic mass is 32.1. The first-order valence-electron chi connectivity index (χ1n) is 4.52. The maximum atomic E-state index is 4.37. The Bertz CT molecular complexity index is 419. The Labute approximate surface area is 85.8 Å². The summed E-state index contributed by atoms with van der Waals surface area (Å²) in [7, 11) is 0. The van der Waals surface area contributed by atoms with Crippen molar-refractivity contribution in [3.8, 4) is 10.7 Å². The van der Waals surface area contributed by atoms with Crippen molar-refractivity contribution < 1.29 is 0 Å². The van der Waals surface area contributed by atoms with Gasteiger partial charge in [0.25, 0.3) is 0 Å². The molecule has 0 bridgehead atoms. The van der Waals surface area contributed by atoms with Crippen LogP contribution in [0.3, 0.4) is 0 Å². The second kappa shape index (κ2) is 3.83. The minimum Gasteiger partial charge on any atom is -0.263 e. The molecule has 0 amide bonds. The molecule has 0 aliphatic heterocycles. The van der Waals surface area contributed by atoms with E-state index in [9.17, 15) is 0 Å². The lowest BCUT2D eigenvalue weighted by atomic mass is 10.3. The third-order valence-corrected chi connectivity index (χ3v) is 2.70. The Morgan fingerprint density at radius 1 is 1.43 bits per heavy atom. The van der Waals surface area contributed by atoms with Gasteiger partial charge in [0.2, 0.25) is 0 Å². The van der Waals surface area contributed by atoms with Crippen molar-refractivity contribution in [2.45, 2.75) is 26.7 Å². The molecule has 2 aromatic rings. The molecule has 0 radical (unpaired) electrons. The first kappa shape index (κ1) is 9.26. The van der Waals surface area contributed by atoms with E-state index in [1.54, 1.807) is 0 Å². The minimum absolute atomic E-state index is 0.709. The number of rotatable bonds is 3. The third kappa shape index (κ3) is 1.65. The van der Waals surface area contributed by atoms with Crippen LogP contribution in [0.2, 0.25) is 0 Å². The van der Waals surface area contributed by atoms with Gasteiger partial charge in [-0.25, -0.2) is 4.98 Å². The average Bonchev–Trinajstić information content (AvgIpc) is 2.74. The van der Waals surface area contributed by atoms with Crippen molar-refractivity contribution >= 4 is 11.5 Å². The van der Waals surface area contributed by atoms with Crippen molar-refractivity contribution in [1.29, 1.82) is 0 Å². The zero-order valence-corrected chi connectivity index (χ0v) is 8.93. The molecule has 2 aromatic heterocycles. The lowest BCUT2D eigenvalue weighted by Gasteiger charge is -1.87. The molecule has 0 aromatic carbocycles. The molecule has 2 rings (SSSR count). The highest BCUT2D eigenvalue weighted by Crippen LogP contribution is 2.21. The van der Waals surface area contributed by atoms with Crippen LogP contribution >= 0.6 is 11.5 Å². The molecule has 5 nitrogen and oxygen atoms in total. The molecule has 1 N–H and O–H groups in total. The van der Waals surface area contributed by atoms with Gasteiger partial charge >= 0.3 is 0 Å². The summed E-state index contributed by atoms with van der Waals surface area (Å²) >= 11 is 1.33. The number of hydrogen-bond acceptors (Lipinski definition) is 5. The van der Waals surface area contributed by atoms with Crippen molar-refractivity contribution in [3.63, 3.8) is 0 Å². The first-order valence-corrected chi connectivity index (χ1v) is 5.29. The third-order valence-electron chi connectivity index (χ3n) is 1.87. The number of H-pyrrole nitrogens is 1. The summed E-state index contributed by atoms with van der Waals surface area (Å²) in [6.07, 6.45) is 1.99. The smallest absolute Gasteiger partial charge is 0.194 e. The predicted molar refractivity (Wildman–Crippen MR) is 54.0 cm³/mol. The van der Waals surface area contributed by atoms with E-state index in [-0.39, 0.29) is 0 Å². The summed E-state index contributed by atoms with van der Waals surface area (Å²) in [5, 5.41) is 11.0. The highest BCUT2D eigenvalue weighted by Gasteiger charge is 2.11. The Morgan fingerprint density at radius 2 is 2.29 bits per heavy atom. The molecule has 0 unspecified atom stereocenters. The van der Waals surface area contributed by atoms with Crippen LogP contribution in [0.15, 0.2) is 0 Å². The quantitative estimate of drug-likeness (QED) is 0.833. The molecule has 0 saturated carbocycles. The maximum Gasteiger partial charge on any atom is 0.194 e. The van der Waals surface area contributed by atoms with Gasteiger partial charge in [-0.2, -0.15) is 5.10 Å². The van der Waals surface area contributed by atoms with Gasteiger partial charge in [-0.05, 0) is 24.9 Å². The number of nitrogens with zero attached hydrogens (tertiary/aromatic N) is 4.